The number of hydrogen-bond acceptors (Lipinski definition) is 6. The summed E-state index contributed by atoms with van der Waals surface area (Å²) in [5, 5.41) is 20.4. The quantitative estimate of drug-likeness (QED) is 0.663. The van der Waals surface area contributed by atoms with Crippen molar-refractivity contribution in [2.45, 2.75) is 6.92 Å². The monoisotopic (exact) mass is 416 g/mol. The SMILES string of the molecule is CCN1CCN(C(=O)c2cc(O)c3c(c2)C(=O)c2cccc(O)c2C3=O)CC1.Cl. The van der Waals surface area contributed by atoms with Crippen LogP contribution in [0.3, 0.4) is 0 Å². The first-order valence-electron chi connectivity index (χ1n) is 9.22. The van der Waals surface area contributed by atoms with Gasteiger partial charge in [0.25, 0.3) is 5.91 Å². The van der Waals surface area contributed by atoms with Crippen molar-refractivity contribution < 1.29 is 24.6 Å². The highest BCUT2D eigenvalue weighted by molar-refractivity contribution is 6.30. The van der Waals surface area contributed by atoms with Gasteiger partial charge in [-0.1, -0.05) is 19.1 Å². The number of piperazine rings is 1. The zero-order chi connectivity index (χ0) is 20.0. The van der Waals surface area contributed by atoms with E-state index < -0.39 is 17.3 Å². The summed E-state index contributed by atoms with van der Waals surface area (Å²) in [6.07, 6.45) is 0. The van der Waals surface area contributed by atoms with Crippen molar-refractivity contribution in [1.82, 2.24) is 9.80 Å². The molecule has 2 aromatic rings. The average molecular weight is 417 g/mol. The van der Waals surface area contributed by atoms with Gasteiger partial charge in [0.15, 0.2) is 5.78 Å². The van der Waals surface area contributed by atoms with E-state index in [0.717, 1.165) is 19.6 Å². The van der Waals surface area contributed by atoms with Gasteiger partial charge in [-0.2, -0.15) is 0 Å². The first kappa shape index (κ1) is 20.8. The molecular weight excluding hydrogens is 396 g/mol. The number of amides is 1. The minimum atomic E-state index is -0.629. The topological polar surface area (TPSA) is 98.2 Å². The molecule has 0 aromatic heterocycles. The summed E-state index contributed by atoms with van der Waals surface area (Å²) in [6, 6.07) is 6.85. The second-order valence-corrected chi connectivity index (χ2v) is 7.00. The third-order valence-electron chi connectivity index (χ3n) is 5.46. The van der Waals surface area contributed by atoms with E-state index in [0.29, 0.717) is 13.1 Å². The molecule has 4 rings (SSSR count). The van der Waals surface area contributed by atoms with Gasteiger partial charge in [-0.15, -0.1) is 12.4 Å². The van der Waals surface area contributed by atoms with Gasteiger partial charge in [0.05, 0.1) is 11.1 Å². The van der Waals surface area contributed by atoms with E-state index in [9.17, 15) is 24.6 Å². The third-order valence-corrected chi connectivity index (χ3v) is 5.46. The Morgan fingerprint density at radius 2 is 1.59 bits per heavy atom. The number of hydrogen-bond donors (Lipinski definition) is 2. The zero-order valence-electron chi connectivity index (χ0n) is 15.8. The van der Waals surface area contributed by atoms with Crippen LogP contribution in [0.15, 0.2) is 30.3 Å². The fraction of sp³-hybridized carbons (Fsp3) is 0.286. The van der Waals surface area contributed by atoms with Crippen molar-refractivity contribution in [1.29, 1.82) is 0 Å². The number of nitrogens with zero attached hydrogens (tertiary/aromatic N) is 2. The fourth-order valence-corrected chi connectivity index (χ4v) is 3.86. The highest BCUT2D eigenvalue weighted by Crippen LogP contribution is 2.37. The number of ketones is 2. The van der Waals surface area contributed by atoms with Crippen molar-refractivity contribution in [3.63, 3.8) is 0 Å². The number of halogens is 1. The van der Waals surface area contributed by atoms with Crippen LogP contribution in [-0.2, 0) is 0 Å². The molecule has 1 fully saturated rings. The van der Waals surface area contributed by atoms with Crippen LogP contribution in [0, 0.1) is 0 Å². The molecule has 0 unspecified atom stereocenters. The van der Waals surface area contributed by atoms with Gasteiger partial charge in [0, 0.05) is 42.9 Å². The van der Waals surface area contributed by atoms with E-state index in [1.165, 1.54) is 30.3 Å². The summed E-state index contributed by atoms with van der Waals surface area (Å²) in [6.45, 7) is 5.65. The Balaban J connectivity index is 0.00000240. The summed E-state index contributed by atoms with van der Waals surface area (Å²) in [5.41, 5.74) is -0.0703. The molecule has 1 aliphatic heterocycles. The van der Waals surface area contributed by atoms with Crippen molar-refractivity contribution in [2.75, 3.05) is 32.7 Å². The molecule has 0 bridgehead atoms. The minimum Gasteiger partial charge on any atom is -0.507 e. The van der Waals surface area contributed by atoms with Gasteiger partial charge >= 0.3 is 0 Å². The van der Waals surface area contributed by atoms with Gasteiger partial charge in [0.2, 0.25) is 5.78 Å². The predicted molar refractivity (Wildman–Crippen MR) is 108 cm³/mol. The Morgan fingerprint density at radius 1 is 0.931 bits per heavy atom. The van der Waals surface area contributed by atoms with Crippen LogP contribution in [0.25, 0.3) is 0 Å². The Kier molecular flexibility index (Phi) is 5.64. The van der Waals surface area contributed by atoms with Crippen LogP contribution >= 0.6 is 12.4 Å². The molecule has 8 heteroatoms. The van der Waals surface area contributed by atoms with E-state index in [-0.39, 0.29) is 51.9 Å². The highest BCUT2D eigenvalue weighted by atomic mass is 35.5. The molecule has 2 aromatic carbocycles. The molecular formula is C21H21ClN2O5. The van der Waals surface area contributed by atoms with Gasteiger partial charge in [-0.05, 0) is 24.7 Å². The summed E-state index contributed by atoms with van der Waals surface area (Å²) in [7, 11) is 0. The van der Waals surface area contributed by atoms with Crippen LogP contribution in [-0.4, -0.2) is 70.2 Å². The average Bonchev–Trinajstić information content (AvgIpc) is 2.70. The number of phenols is 2. The smallest absolute Gasteiger partial charge is 0.254 e. The Hall–Kier alpha value is -2.90. The standard InChI is InChI=1S/C21H20N2O5.ClH/c1-2-22-6-8-23(9-7-22)21(28)12-10-14-18(16(25)11-12)20(27)17-13(19(14)26)4-3-5-15(17)24;/h3-5,10-11,24-25H,2,6-9H2,1H3;1H. The van der Waals surface area contributed by atoms with Gasteiger partial charge in [0.1, 0.15) is 11.5 Å². The maximum absolute atomic E-state index is 12.9. The van der Waals surface area contributed by atoms with Crippen molar-refractivity contribution in [3.8, 4) is 11.5 Å². The van der Waals surface area contributed by atoms with Crippen molar-refractivity contribution in [2.24, 2.45) is 0 Å². The Bertz CT molecular complexity index is 1010. The molecule has 152 valence electrons. The molecule has 0 saturated carbocycles. The number of carbonyl (C=O) groups is 3. The van der Waals surface area contributed by atoms with E-state index in [4.69, 9.17) is 0 Å². The Morgan fingerprint density at radius 3 is 2.24 bits per heavy atom. The first-order chi connectivity index (χ1) is 13.4. The van der Waals surface area contributed by atoms with Crippen LogP contribution in [0.2, 0.25) is 0 Å². The van der Waals surface area contributed by atoms with Gasteiger partial charge in [-0.25, -0.2) is 0 Å². The number of fused-ring (bicyclic) bond motifs is 2. The zero-order valence-corrected chi connectivity index (χ0v) is 16.7. The predicted octanol–water partition coefficient (Wildman–Crippen LogP) is 2.07. The van der Waals surface area contributed by atoms with Gasteiger partial charge in [-0.3, -0.25) is 14.4 Å². The number of rotatable bonds is 2. The second-order valence-electron chi connectivity index (χ2n) is 7.00. The van der Waals surface area contributed by atoms with E-state index >= 15 is 0 Å². The minimum absolute atomic E-state index is 0. The van der Waals surface area contributed by atoms with Gasteiger partial charge < -0.3 is 20.0 Å². The van der Waals surface area contributed by atoms with Crippen LogP contribution in [0.1, 0.15) is 49.1 Å². The molecule has 1 saturated heterocycles. The molecule has 2 N–H and O–H groups in total. The first-order valence-corrected chi connectivity index (χ1v) is 9.22. The molecule has 2 aliphatic rings. The molecule has 0 atom stereocenters. The molecule has 0 spiro atoms. The number of benzene rings is 2. The molecule has 7 nitrogen and oxygen atoms in total. The lowest BCUT2D eigenvalue weighted by molar-refractivity contribution is 0.0642. The normalized spacial score (nSPS) is 16.1. The number of likely N-dealkylation sites (N-methyl/N-ethyl adjacent to an activating group) is 1. The maximum atomic E-state index is 12.9. The van der Waals surface area contributed by atoms with E-state index in [2.05, 4.69) is 11.8 Å². The fourth-order valence-electron chi connectivity index (χ4n) is 3.86. The molecule has 29 heavy (non-hydrogen) atoms. The highest BCUT2D eigenvalue weighted by Gasteiger charge is 2.35. The largest absolute Gasteiger partial charge is 0.507 e. The summed E-state index contributed by atoms with van der Waals surface area (Å²) in [5.74, 6) is -2.15. The molecule has 1 amide bonds. The second kappa shape index (κ2) is 7.85. The van der Waals surface area contributed by atoms with Crippen LogP contribution in [0.5, 0.6) is 11.5 Å². The number of aromatic hydroxyl groups is 2. The molecule has 1 aliphatic carbocycles. The molecule has 1 heterocycles. The number of carbonyl (C=O) groups excluding carboxylic acids is 3. The summed E-state index contributed by atoms with van der Waals surface area (Å²) >= 11 is 0. The maximum Gasteiger partial charge on any atom is 0.254 e. The van der Waals surface area contributed by atoms with Crippen LogP contribution in [0.4, 0.5) is 0 Å². The van der Waals surface area contributed by atoms with Crippen molar-refractivity contribution >= 4 is 29.9 Å². The lowest BCUT2D eigenvalue weighted by atomic mass is 9.82. The summed E-state index contributed by atoms with van der Waals surface area (Å²) in [4.78, 5) is 42.5. The lowest BCUT2D eigenvalue weighted by Crippen LogP contribution is -2.48. The van der Waals surface area contributed by atoms with Crippen molar-refractivity contribution in [3.05, 3.63) is 58.1 Å². The van der Waals surface area contributed by atoms with E-state index in [1.54, 1.807) is 4.90 Å². The van der Waals surface area contributed by atoms with E-state index in [1.807, 2.05) is 0 Å². The third kappa shape index (κ3) is 3.36. The Labute approximate surface area is 174 Å². The summed E-state index contributed by atoms with van der Waals surface area (Å²) < 4.78 is 0. The number of phenolic OH excluding ortho intramolecular Hbond substituents is 2. The molecule has 0 radical (unpaired) electrons. The lowest BCUT2D eigenvalue weighted by Gasteiger charge is -2.34. The van der Waals surface area contributed by atoms with Crippen LogP contribution < -0.4 is 0 Å².